The Bertz CT molecular complexity index is 1180. The van der Waals surface area contributed by atoms with E-state index in [2.05, 4.69) is 10.1 Å². The number of rotatable bonds is 8. The van der Waals surface area contributed by atoms with E-state index in [1.807, 2.05) is 0 Å². The zero-order valence-corrected chi connectivity index (χ0v) is 20.4. The lowest BCUT2D eigenvalue weighted by molar-refractivity contribution is -0.128. The van der Waals surface area contributed by atoms with Crippen LogP contribution >= 0.6 is 7.75 Å². The number of aliphatic hydroxyl groups is 1. The number of nitrogens with one attached hydrogen (secondary N) is 1. The zero-order chi connectivity index (χ0) is 25.4. The maximum absolute atomic E-state index is 15.5. The topological polar surface area (TPSA) is 132 Å². The van der Waals surface area contributed by atoms with E-state index >= 15 is 4.39 Å². The van der Waals surface area contributed by atoms with Gasteiger partial charge in [-0.05, 0) is 38.5 Å². The third-order valence-electron chi connectivity index (χ3n) is 6.06. The number of aromatic nitrogens is 2. The van der Waals surface area contributed by atoms with E-state index in [1.165, 1.54) is 17.2 Å². The summed E-state index contributed by atoms with van der Waals surface area (Å²) in [5.74, 6) is -0.0502. The number of aliphatic hydroxyl groups excluding tert-OH is 1. The molecule has 2 saturated heterocycles. The van der Waals surface area contributed by atoms with E-state index in [1.54, 1.807) is 44.3 Å². The Balaban J connectivity index is 1.53. The van der Waals surface area contributed by atoms with Crippen molar-refractivity contribution in [3.8, 4) is 5.75 Å². The molecule has 190 valence electrons. The average molecular weight is 510 g/mol. The van der Waals surface area contributed by atoms with Gasteiger partial charge in [-0.3, -0.25) is 13.9 Å². The molecule has 2 aliphatic heterocycles. The van der Waals surface area contributed by atoms with Gasteiger partial charge in [-0.15, -0.1) is 0 Å². The van der Waals surface area contributed by atoms with E-state index < -0.39 is 50.2 Å². The van der Waals surface area contributed by atoms with Gasteiger partial charge in [-0.2, -0.15) is 10.1 Å². The van der Waals surface area contributed by atoms with Gasteiger partial charge in [0.25, 0.3) is 0 Å². The van der Waals surface area contributed by atoms with Crippen LogP contribution in [0.1, 0.15) is 25.3 Å². The highest BCUT2D eigenvalue weighted by Gasteiger charge is 2.56. The standard InChI is InChI=1S/C22H28FN4O7P/c1-14-9-12-27(21(30)24-14)20-22(2,23)18(28)17(33-20)13-32-35(31,34-15-7-5-4-6-8-15)25-16-10-11-26(3)19(16)29/h4-9,12,16-18,20,28H,10-11,13H2,1-3H3,(H,25,31)/t16-,17+,18+,20+,22+,35?/m0/s1. The summed E-state index contributed by atoms with van der Waals surface area (Å²) in [5, 5.41) is 13.3. The van der Waals surface area contributed by atoms with Gasteiger partial charge in [-0.25, -0.2) is 13.8 Å². The summed E-state index contributed by atoms with van der Waals surface area (Å²) in [6, 6.07) is 8.92. The van der Waals surface area contributed by atoms with Gasteiger partial charge in [0.1, 0.15) is 18.0 Å². The number of likely N-dealkylation sites (N-methyl/N-ethyl adjacent to an activating group) is 1. The molecular formula is C22H28FN4O7P. The molecule has 1 unspecified atom stereocenters. The van der Waals surface area contributed by atoms with Crippen LogP contribution in [0.2, 0.25) is 0 Å². The van der Waals surface area contributed by atoms with Gasteiger partial charge < -0.3 is 19.3 Å². The molecule has 2 aromatic rings. The summed E-state index contributed by atoms with van der Waals surface area (Å²) in [6.07, 6.45) is -2.78. The fourth-order valence-corrected chi connectivity index (χ4v) is 5.59. The van der Waals surface area contributed by atoms with Crippen molar-refractivity contribution in [1.29, 1.82) is 0 Å². The molecule has 0 spiro atoms. The van der Waals surface area contributed by atoms with Gasteiger partial charge in [0.05, 0.1) is 12.6 Å². The lowest BCUT2D eigenvalue weighted by atomic mass is 9.98. The number of hydrogen-bond acceptors (Lipinski definition) is 8. The highest BCUT2D eigenvalue weighted by molar-refractivity contribution is 7.52. The van der Waals surface area contributed by atoms with Crippen LogP contribution < -0.4 is 15.3 Å². The molecule has 0 bridgehead atoms. The third-order valence-corrected chi connectivity index (χ3v) is 7.63. The lowest BCUT2D eigenvalue weighted by Gasteiger charge is -2.25. The Morgan fingerprint density at radius 1 is 1.31 bits per heavy atom. The lowest BCUT2D eigenvalue weighted by Crippen LogP contribution is -2.43. The first-order chi connectivity index (χ1) is 16.5. The molecule has 0 saturated carbocycles. The maximum Gasteiger partial charge on any atom is 0.459 e. The number of carbonyl (C=O) groups excluding carboxylic acids is 1. The Morgan fingerprint density at radius 2 is 2.03 bits per heavy atom. The van der Waals surface area contributed by atoms with Crippen LogP contribution in [-0.2, 0) is 18.6 Å². The number of carbonyl (C=O) groups is 1. The number of nitrogens with zero attached hydrogens (tertiary/aromatic N) is 3. The number of ether oxygens (including phenoxy) is 1. The molecule has 2 aliphatic rings. The van der Waals surface area contributed by atoms with Crippen LogP contribution in [-0.4, -0.2) is 69.6 Å². The molecule has 0 aliphatic carbocycles. The summed E-state index contributed by atoms with van der Waals surface area (Å²) in [4.78, 5) is 29.9. The molecule has 3 heterocycles. The van der Waals surface area contributed by atoms with Crippen molar-refractivity contribution in [2.45, 2.75) is 50.4 Å². The van der Waals surface area contributed by atoms with Crippen LogP contribution in [0.25, 0.3) is 0 Å². The molecule has 1 aromatic carbocycles. The van der Waals surface area contributed by atoms with Crippen molar-refractivity contribution >= 4 is 13.7 Å². The molecule has 0 radical (unpaired) electrons. The molecule has 13 heteroatoms. The normalized spacial score (nSPS) is 30.4. The highest BCUT2D eigenvalue weighted by atomic mass is 31.2. The van der Waals surface area contributed by atoms with E-state index in [0.717, 1.165) is 11.5 Å². The number of hydrogen-bond donors (Lipinski definition) is 2. The molecular weight excluding hydrogens is 482 g/mol. The summed E-state index contributed by atoms with van der Waals surface area (Å²) in [6.45, 7) is 2.64. The second-order valence-electron chi connectivity index (χ2n) is 8.81. The Hall–Kier alpha value is -2.63. The van der Waals surface area contributed by atoms with Gasteiger partial charge >= 0.3 is 13.4 Å². The van der Waals surface area contributed by atoms with Crippen molar-refractivity contribution in [3.05, 3.63) is 58.8 Å². The van der Waals surface area contributed by atoms with Gasteiger partial charge in [-0.1, -0.05) is 18.2 Å². The van der Waals surface area contributed by atoms with Crippen LogP contribution in [0.5, 0.6) is 5.75 Å². The molecule has 4 rings (SSSR count). The van der Waals surface area contributed by atoms with Crippen molar-refractivity contribution in [2.75, 3.05) is 20.2 Å². The SMILES string of the molecule is Cc1ccn([C@@H]2O[C@H](COP(=O)(N[C@H]3CCN(C)C3=O)Oc3ccccc3)[C@@H](O)[C@@]2(C)F)c(=O)n1. The summed E-state index contributed by atoms with van der Waals surface area (Å²) in [7, 11) is -2.55. The summed E-state index contributed by atoms with van der Waals surface area (Å²) < 4.78 is 46.9. The molecule has 1 amide bonds. The van der Waals surface area contributed by atoms with Gasteiger partial charge in [0, 0.05) is 25.5 Å². The van der Waals surface area contributed by atoms with E-state index in [0.29, 0.717) is 18.7 Å². The smallest absolute Gasteiger partial charge is 0.413 e. The largest absolute Gasteiger partial charge is 0.459 e. The molecule has 2 N–H and O–H groups in total. The Labute approximate surface area is 201 Å². The molecule has 6 atom stereocenters. The molecule has 35 heavy (non-hydrogen) atoms. The van der Waals surface area contributed by atoms with Gasteiger partial charge in [0.2, 0.25) is 5.91 Å². The Kier molecular flexibility index (Phi) is 7.12. The highest BCUT2D eigenvalue weighted by Crippen LogP contribution is 2.48. The molecule has 2 fully saturated rings. The Morgan fingerprint density at radius 3 is 2.66 bits per heavy atom. The average Bonchev–Trinajstić information content (AvgIpc) is 3.23. The quantitative estimate of drug-likeness (QED) is 0.508. The number of amides is 1. The van der Waals surface area contributed by atoms with Crippen molar-refractivity contribution in [1.82, 2.24) is 19.5 Å². The van der Waals surface area contributed by atoms with Crippen molar-refractivity contribution < 1.29 is 32.6 Å². The van der Waals surface area contributed by atoms with Crippen molar-refractivity contribution in [3.63, 3.8) is 0 Å². The third kappa shape index (κ3) is 5.31. The first-order valence-electron chi connectivity index (χ1n) is 11.1. The minimum atomic E-state index is -4.17. The van der Waals surface area contributed by atoms with Crippen LogP contribution in [0.15, 0.2) is 47.4 Å². The second kappa shape index (κ2) is 9.79. The van der Waals surface area contributed by atoms with Crippen molar-refractivity contribution in [2.24, 2.45) is 0 Å². The summed E-state index contributed by atoms with van der Waals surface area (Å²) in [5.41, 5.74) is -2.67. The predicted octanol–water partition coefficient (Wildman–Crippen LogP) is 1.56. The number of halogens is 1. The predicted molar refractivity (Wildman–Crippen MR) is 122 cm³/mol. The van der Waals surface area contributed by atoms with E-state index in [-0.39, 0.29) is 11.7 Å². The number of para-hydroxylation sites is 1. The number of alkyl halides is 1. The minimum absolute atomic E-state index is 0.223. The first-order valence-corrected chi connectivity index (χ1v) is 12.6. The van der Waals surface area contributed by atoms with Crippen LogP contribution in [0, 0.1) is 6.92 Å². The number of benzene rings is 1. The van der Waals surface area contributed by atoms with E-state index in [4.69, 9.17) is 13.8 Å². The second-order valence-corrected chi connectivity index (χ2v) is 10.5. The monoisotopic (exact) mass is 510 g/mol. The summed E-state index contributed by atoms with van der Waals surface area (Å²) >= 11 is 0. The van der Waals surface area contributed by atoms with E-state index in [9.17, 15) is 19.3 Å². The molecule has 1 aromatic heterocycles. The van der Waals surface area contributed by atoms with Gasteiger partial charge in [0.15, 0.2) is 11.9 Å². The number of likely N-dealkylation sites (tertiary alicyclic amines) is 1. The minimum Gasteiger partial charge on any atom is -0.413 e. The van der Waals surface area contributed by atoms with Crippen LogP contribution in [0.4, 0.5) is 4.39 Å². The number of aryl methyl sites for hydroxylation is 1. The fourth-order valence-electron chi connectivity index (χ4n) is 4.04. The fraction of sp³-hybridized carbons (Fsp3) is 0.500. The van der Waals surface area contributed by atoms with Crippen LogP contribution in [0.3, 0.4) is 0 Å². The zero-order valence-electron chi connectivity index (χ0n) is 19.5. The maximum atomic E-state index is 15.5. The first kappa shape index (κ1) is 25.5. The molecule has 11 nitrogen and oxygen atoms in total.